The lowest BCUT2D eigenvalue weighted by atomic mass is 10.2. The van der Waals surface area contributed by atoms with E-state index >= 15 is 0 Å². The van der Waals surface area contributed by atoms with Crippen molar-refractivity contribution in [1.82, 2.24) is 0 Å². The summed E-state index contributed by atoms with van der Waals surface area (Å²) in [5, 5.41) is 0. The minimum atomic E-state index is 0.998. The lowest BCUT2D eigenvalue weighted by Crippen LogP contribution is -1.69. The Morgan fingerprint density at radius 3 is 2.33 bits per heavy atom. The summed E-state index contributed by atoms with van der Waals surface area (Å²) < 4.78 is 0. The molecule has 12 heavy (non-hydrogen) atoms. The minimum Gasteiger partial charge on any atom is -0.143 e. The first-order valence-electron chi connectivity index (χ1n) is 3.91. The van der Waals surface area contributed by atoms with Crippen molar-refractivity contribution in [3.8, 4) is 0 Å². The normalized spacial score (nSPS) is 11.5. The molecule has 0 bridgehead atoms. The number of rotatable bonds is 2. The van der Waals surface area contributed by atoms with Gasteiger partial charge in [-0.25, -0.2) is 0 Å². The van der Waals surface area contributed by atoms with Gasteiger partial charge >= 0.3 is 0 Å². The first-order valence-corrected chi connectivity index (χ1v) is 4.36. The van der Waals surface area contributed by atoms with Crippen molar-refractivity contribution < 1.29 is 0 Å². The molecule has 1 aromatic carbocycles. The van der Waals surface area contributed by atoms with Gasteiger partial charge in [0.1, 0.15) is 0 Å². The van der Waals surface area contributed by atoms with Crippen LogP contribution in [0.5, 0.6) is 0 Å². The standard InChI is InChI=1S/C11H12S/c1-2-3-4-5-10-6-8-11(12)9-7-10/h2-9,12H,1H3/b3-2-,5-4-. The zero-order valence-electron chi connectivity index (χ0n) is 7.07. The lowest BCUT2D eigenvalue weighted by molar-refractivity contribution is 1.46. The third kappa shape index (κ3) is 2.97. The average Bonchev–Trinajstić information content (AvgIpc) is 2.09. The van der Waals surface area contributed by atoms with Crippen LogP contribution < -0.4 is 0 Å². The average molecular weight is 176 g/mol. The minimum absolute atomic E-state index is 0.998. The van der Waals surface area contributed by atoms with Gasteiger partial charge in [0, 0.05) is 4.90 Å². The molecule has 0 aliphatic heterocycles. The number of thiol groups is 1. The molecule has 0 saturated heterocycles. The van der Waals surface area contributed by atoms with Gasteiger partial charge in [0.05, 0.1) is 0 Å². The fourth-order valence-corrected chi connectivity index (χ4v) is 1.01. The van der Waals surface area contributed by atoms with Crippen molar-refractivity contribution in [3.05, 3.63) is 48.1 Å². The van der Waals surface area contributed by atoms with Gasteiger partial charge in [-0.15, -0.1) is 12.6 Å². The number of hydrogen-bond acceptors (Lipinski definition) is 1. The van der Waals surface area contributed by atoms with Crippen molar-refractivity contribution in [1.29, 1.82) is 0 Å². The molecule has 0 aliphatic rings. The quantitative estimate of drug-likeness (QED) is 0.517. The Bertz CT molecular complexity index is 280. The Labute approximate surface area is 79.0 Å². The van der Waals surface area contributed by atoms with Crippen LogP contribution in [-0.4, -0.2) is 0 Å². The second-order valence-corrected chi connectivity index (χ2v) is 2.99. The fourth-order valence-electron chi connectivity index (χ4n) is 0.863. The third-order valence-electron chi connectivity index (χ3n) is 1.49. The summed E-state index contributed by atoms with van der Waals surface area (Å²) in [6.07, 6.45) is 8.10. The van der Waals surface area contributed by atoms with Crippen molar-refractivity contribution in [2.75, 3.05) is 0 Å². The van der Waals surface area contributed by atoms with E-state index in [1.54, 1.807) is 0 Å². The van der Waals surface area contributed by atoms with Gasteiger partial charge in [-0.05, 0) is 24.6 Å². The number of allylic oxidation sites excluding steroid dienone is 3. The SMILES string of the molecule is C/C=C\C=C/c1ccc(S)cc1. The summed E-state index contributed by atoms with van der Waals surface area (Å²) in [4.78, 5) is 0.998. The van der Waals surface area contributed by atoms with Crippen LogP contribution in [0.15, 0.2) is 47.4 Å². The highest BCUT2D eigenvalue weighted by Crippen LogP contribution is 2.08. The molecule has 1 aromatic rings. The van der Waals surface area contributed by atoms with Gasteiger partial charge in [0.15, 0.2) is 0 Å². The maximum Gasteiger partial charge on any atom is 0.00403 e. The van der Waals surface area contributed by atoms with Gasteiger partial charge in [-0.2, -0.15) is 0 Å². The van der Waals surface area contributed by atoms with Crippen LogP contribution in [0.3, 0.4) is 0 Å². The van der Waals surface area contributed by atoms with Crippen molar-refractivity contribution in [2.45, 2.75) is 11.8 Å². The smallest absolute Gasteiger partial charge is 0.00403 e. The van der Waals surface area contributed by atoms with Crippen LogP contribution in [0, 0.1) is 0 Å². The molecule has 1 heteroatoms. The summed E-state index contributed by atoms with van der Waals surface area (Å²) >= 11 is 4.20. The molecule has 0 spiro atoms. The van der Waals surface area contributed by atoms with E-state index in [4.69, 9.17) is 0 Å². The van der Waals surface area contributed by atoms with E-state index in [1.165, 1.54) is 5.56 Å². The zero-order valence-corrected chi connectivity index (χ0v) is 7.96. The summed E-state index contributed by atoms with van der Waals surface area (Å²) in [5.41, 5.74) is 1.20. The van der Waals surface area contributed by atoms with Crippen molar-refractivity contribution in [2.24, 2.45) is 0 Å². The van der Waals surface area contributed by atoms with E-state index in [2.05, 4.69) is 18.7 Å². The third-order valence-corrected chi connectivity index (χ3v) is 1.78. The van der Waals surface area contributed by atoms with Crippen LogP contribution in [0.25, 0.3) is 6.08 Å². The van der Waals surface area contributed by atoms with Gasteiger partial charge in [-0.1, -0.05) is 36.4 Å². The molecule has 1 rings (SSSR count). The monoisotopic (exact) mass is 176 g/mol. The molecule has 0 N–H and O–H groups in total. The van der Waals surface area contributed by atoms with E-state index in [-0.39, 0.29) is 0 Å². The highest BCUT2D eigenvalue weighted by molar-refractivity contribution is 7.80. The highest BCUT2D eigenvalue weighted by Gasteiger charge is 1.84. The molecule has 0 saturated carbocycles. The highest BCUT2D eigenvalue weighted by atomic mass is 32.1. The summed E-state index contributed by atoms with van der Waals surface area (Å²) in [7, 11) is 0. The van der Waals surface area contributed by atoms with E-state index in [0.717, 1.165) is 4.90 Å². The second kappa shape index (κ2) is 4.83. The second-order valence-electron chi connectivity index (χ2n) is 2.48. The Hall–Kier alpha value is -0.950. The lowest BCUT2D eigenvalue weighted by Gasteiger charge is -1.92. The maximum absolute atomic E-state index is 4.20. The molecule has 0 aliphatic carbocycles. The molecule has 0 amide bonds. The molecule has 0 nitrogen and oxygen atoms in total. The molecule has 0 fully saturated rings. The van der Waals surface area contributed by atoms with E-state index < -0.39 is 0 Å². The van der Waals surface area contributed by atoms with Crippen molar-refractivity contribution in [3.63, 3.8) is 0 Å². The van der Waals surface area contributed by atoms with Gasteiger partial charge in [0.2, 0.25) is 0 Å². The Balaban J connectivity index is 2.70. The first kappa shape index (κ1) is 9.14. The van der Waals surface area contributed by atoms with E-state index in [0.29, 0.717) is 0 Å². The van der Waals surface area contributed by atoms with Gasteiger partial charge < -0.3 is 0 Å². The predicted molar refractivity (Wildman–Crippen MR) is 57.5 cm³/mol. The molecule has 62 valence electrons. The summed E-state index contributed by atoms with van der Waals surface area (Å²) in [6, 6.07) is 8.06. The molecule has 0 atom stereocenters. The number of benzene rings is 1. The molecular weight excluding hydrogens is 164 g/mol. The van der Waals surface area contributed by atoms with Crippen LogP contribution in [0.1, 0.15) is 12.5 Å². The topological polar surface area (TPSA) is 0 Å². The zero-order chi connectivity index (χ0) is 8.81. The Morgan fingerprint density at radius 1 is 1.08 bits per heavy atom. The van der Waals surface area contributed by atoms with Crippen LogP contribution in [0.4, 0.5) is 0 Å². The predicted octanol–water partition coefficient (Wildman–Crippen LogP) is 3.56. The first-order chi connectivity index (χ1) is 5.83. The van der Waals surface area contributed by atoms with E-state index in [9.17, 15) is 0 Å². The molecule has 0 heterocycles. The maximum atomic E-state index is 4.20. The van der Waals surface area contributed by atoms with Gasteiger partial charge in [0.25, 0.3) is 0 Å². The van der Waals surface area contributed by atoms with Crippen LogP contribution in [0.2, 0.25) is 0 Å². The molecule has 0 unspecified atom stereocenters. The Morgan fingerprint density at radius 2 is 1.75 bits per heavy atom. The van der Waals surface area contributed by atoms with Crippen molar-refractivity contribution >= 4 is 18.7 Å². The molecule has 0 radical (unpaired) electrons. The number of hydrogen-bond donors (Lipinski definition) is 1. The van der Waals surface area contributed by atoms with Gasteiger partial charge in [-0.3, -0.25) is 0 Å². The summed E-state index contributed by atoms with van der Waals surface area (Å²) in [5.74, 6) is 0. The van der Waals surface area contributed by atoms with Crippen LogP contribution in [-0.2, 0) is 0 Å². The molecule has 0 aromatic heterocycles. The summed E-state index contributed by atoms with van der Waals surface area (Å²) in [6.45, 7) is 2.00. The fraction of sp³-hybridized carbons (Fsp3) is 0.0909. The van der Waals surface area contributed by atoms with Crippen LogP contribution >= 0.6 is 12.6 Å². The van der Waals surface area contributed by atoms with E-state index in [1.807, 2.05) is 49.4 Å². The Kier molecular flexibility index (Phi) is 3.68. The largest absolute Gasteiger partial charge is 0.143 e. The molecular formula is C11H12S.